The van der Waals surface area contributed by atoms with Gasteiger partial charge in [0.1, 0.15) is 5.76 Å². The summed E-state index contributed by atoms with van der Waals surface area (Å²) >= 11 is 0. The fraction of sp³-hybridized carbons (Fsp3) is 0.267. The first-order valence-electron chi connectivity index (χ1n) is 6.29. The number of carbonyl (C=O) groups excluding carboxylic acids is 1. The summed E-state index contributed by atoms with van der Waals surface area (Å²) in [4.78, 5) is 11.5. The molecule has 0 fully saturated rings. The van der Waals surface area contributed by atoms with Gasteiger partial charge in [-0.05, 0) is 30.7 Å². The van der Waals surface area contributed by atoms with Crippen LogP contribution in [0.15, 0.2) is 47.1 Å². The third-order valence-electron chi connectivity index (χ3n) is 2.99. The molecular weight excluding hydrogens is 240 g/mol. The van der Waals surface area contributed by atoms with Gasteiger partial charge in [0.15, 0.2) is 0 Å². The molecule has 0 radical (unpaired) electrons. The van der Waals surface area contributed by atoms with Crippen molar-refractivity contribution in [2.45, 2.75) is 19.4 Å². The molecular formula is C15H18N2O2. The van der Waals surface area contributed by atoms with Gasteiger partial charge in [0.2, 0.25) is 5.91 Å². The van der Waals surface area contributed by atoms with Crippen molar-refractivity contribution in [1.82, 2.24) is 5.32 Å². The monoisotopic (exact) mass is 258 g/mol. The van der Waals surface area contributed by atoms with Gasteiger partial charge in [-0.2, -0.15) is 0 Å². The fourth-order valence-corrected chi connectivity index (χ4v) is 1.92. The van der Waals surface area contributed by atoms with Crippen molar-refractivity contribution in [3.8, 4) is 0 Å². The fourth-order valence-electron chi connectivity index (χ4n) is 1.92. The SMILES string of the molecule is CNC(=O)Cc1ccccc1NC(C)c1ccco1. The lowest BCUT2D eigenvalue weighted by molar-refractivity contribution is -0.119. The molecule has 0 spiro atoms. The zero-order valence-corrected chi connectivity index (χ0v) is 11.1. The topological polar surface area (TPSA) is 54.3 Å². The van der Waals surface area contributed by atoms with Crippen molar-refractivity contribution in [1.29, 1.82) is 0 Å². The minimum atomic E-state index is -0.0000910. The summed E-state index contributed by atoms with van der Waals surface area (Å²) in [5, 5.41) is 6.00. The molecule has 1 heterocycles. The Kier molecular flexibility index (Phi) is 4.23. The number of anilines is 1. The quantitative estimate of drug-likeness (QED) is 0.867. The van der Waals surface area contributed by atoms with E-state index in [-0.39, 0.29) is 11.9 Å². The Bertz CT molecular complexity index is 535. The summed E-state index contributed by atoms with van der Waals surface area (Å²) in [6.45, 7) is 2.02. The molecule has 1 unspecified atom stereocenters. The lowest BCUT2D eigenvalue weighted by Crippen LogP contribution is -2.20. The van der Waals surface area contributed by atoms with E-state index in [0.29, 0.717) is 6.42 Å². The zero-order valence-electron chi connectivity index (χ0n) is 11.1. The Morgan fingerprint density at radius 3 is 2.74 bits per heavy atom. The van der Waals surface area contributed by atoms with E-state index in [2.05, 4.69) is 10.6 Å². The molecule has 0 bridgehead atoms. The van der Waals surface area contributed by atoms with E-state index in [9.17, 15) is 4.79 Å². The second-order valence-corrected chi connectivity index (χ2v) is 4.39. The number of nitrogens with one attached hydrogen (secondary N) is 2. The number of carbonyl (C=O) groups is 1. The van der Waals surface area contributed by atoms with Gasteiger partial charge in [0.25, 0.3) is 0 Å². The number of hydrogen-bond donors (Lipinski definition) is 2. The van der Waals surface area contributed by atoms with E-state index in [1.165, 1.54) is 0 Å². The molecule has 0 aliphatic heterocycles. The van der Waals surface area contributed by atoms with Crippen molar-refractivity contribution in [2.75, 3.05) is 12.4 Å². The highest BCUT2D eigenvalue weighted by Crippen LogP contribution is 2.23. The number of amides is 1. The number of rotatable bonds is 5. The molecule has 4 heteroatoms. The van der Waals surface area contributed by atoms with Gasteiger partial charge in [-0.15, -0.1) is 0 Å². The van der Waals surface area contributed by atoms with E-state index in [0.717, 1.165) is 17.0 Å². The minimum absolute atomic E-state index is 0.0000910. The summed E-state index contributed by atoms with van der Waals surface area (Å²) in [6.07, 6.45) is 2.02. The molecule has 0 saturated heterocycles. The number of benzene rings is 1. The first-order valence-corrected chi connectivity index (χ1v) is 6.29. The number of likely N-dealkylation sites (N-methyl/N-ethyl adjacent to an activating group) is 1. The molecule has 2 N–H and O–H groups in total. The summed E-state index contributed by atoms with van der Waals surface area (Å²) in [6, 6.07) is 11.7. The summed E-state index contributed by atoms with van der Waals surface area (Å²) in [5.74, 6) is 0.870. The van der Waals surface area contributed by atoms with Crippen LogP contribution in [0.5, 0.6) is 0 Å². The molecule has 0 saturated carbocycles. The van der Waals surface area contributed by atoms with Crippen molar-refractivity contribution < 1.29 is 9.21 Å². The Morgan fingerprint density at radius 2 is 2.05 bits per heavy atom. The molecule has 2 aromatic rings. The Balaban J connectivity index is 2.13. The lowest BCUT2D eigenvalue weighted by atomic mass is 10.1. The highest BCUT2D eigenvalue weighted by atomic mass is 16.3. The predicted octanol–water partition coefficient (Wildman–Crippen LogP) is 2.74. The van der Waals surface area contributed by atoms with Crippen LogP contribution in [0.25, 0.3) is 0 Å². The molecule has 0 aliphatic rings. The summed E-state index contributed by atoms with van der Waals surface area (Å²) in [5.41, 5.74) is 1.93. The summed E-state index contributed by atoms with van der Waals surface area (Å²) in [7, 11) is 1.64. The normalized spacial score (nSPS) is 11.9. The number of para-hydroxylation sites is 1. The maximum Gasteiger partial charge on any atom is 0.224 e. The molecule has 1 atom stereocenters. The van der Waals surface area contributed by atoms with Crippen molar-refractivity contribution >= 4 is 11.6 Å². The van der Waals surface area contributed by atoms with Gasteiger partial charge in [-0.3, -0.25) is 4.79 Å². The molecule has 1 aromatic heterocycles. The van der Waals surface area contributed by atoms with Gasteiger partial charge in [0.05, 0.1) is 18.7 Å². The molecule has 4 nitrogen and oxygen atoms in total. The van der Waals surface area contributed by atoms with E-state index in [4.69, 9.17) is 4.42 Å². The lowest BCUT2D eigenvalue weighted by Gasteiger charge is -2.16. The van der Waals surface area contributed by atoms with Gasteiger partial charge >= 0.3 is 0 Å². The van der Waals surface area contributed by atoms with Gasteiger partial charge in [-0.1, -0.05) is 18.2 Å². The van der Waals surface area contributed by atoms with Crippen LogP contribution in [0.1, 0.15) is 24.3 Å². The van der Waals surface area contributed by atoms with Crippen LogP contribution >= 0.6 is 0 Å². The second kappa shape index (κ2) is 6.09. The maximum atomic E-state index is 11.5. The van der Waals surface area contributed by atoms with E-state index >= 15 is 0 Å². The van der Waals surface area contributed by atoms with Crippen LogP contribution in [0, 0.1) is 0 Å². The van der Waals surface area contributed by atoms with Crippen LogP contribution in [-0.4, -0.2) is 13.0 Å². The predicted molar refractivity (Wildman–Crippen MR) is 75.0 cm³/mol. The van der Waals surface area contributed by atoms with E-state index in [1.54, 1.807) is 13.3 Å². The standard InChI is InChI=1S/C15H18N2O2/c1-11(14-8-5-9-19-14)17-13-7-4-3-6-12(13)10-15(18)16-2/h3-9,11,17H,10H2,1-2H3,(H,16,18). The van der Waals surface area contributed by atoms with Gasteiger partial charge in [0, 0.05) is 12.7 Å². The average Bonchev–Trinajstić information content (AvgIpc) is 2.95. The first kappa shape index (κ1) is 13.2. The third kappa shape index (κ3) is 3.37. The number of furan rings is 1. The van der Waals surface area contributed by atoms with Gasteiger partial charge in [-0.25, -0.2) is 0 Å². The van der Waals surface area contributed by atoms with Crippen molar-refractivity contribution in [3.63, 3.8) is 0 Å². The molecule has 0 aliphatic carbocycles. The highest BCUT2D eigenvalue weighted by Gasteiger charge is 2.11. The summed E-state index contributed by atoms with van der Waals surface area (Å²) < 4.78 is 5.37. The smallest absolute Gasteiger partial charge is 0.224 e. The largest absolute Gasteiger partial charge is 0.467 e. The molecule has 1 amide bonds. The molecule has 1 aromatic carbocycles. The van der Waals surface area contributed by atoms with Crippen molar-refractivity contribution in [3.05, 3.63) is 54.0 Å². The van der Waals surface area contributed by atoms with Gasteiger partial charge < -0.3 is 15.1 Å². The molecule has 2 rings (SSSR count). The van der Waals surface area contributed by atoms with Crippen LogP contribution in [0.4, 0.5) is 5.69 Å². The Labute approximate surface area is 112 Å². The highest BCUT2D eigenvalue weighted by molar-refractivity contribution is 5.80. The van der Waals surface area contributed by atoms with Crippen LogP contribution < -0.4 is 10.6 Å². The Morgan fingerprint density at radius 1 is 1.26 bits per heavy atom. The van der Waals surface area contributed by atoms with Crippen molar-refractivity contribution in [2.24, 2.45) is 0 Å². The molecule has 100 valence electrons. The molecule has 19 heavy (non-hydrogen) atoms. The third-order valence-corrected chi connectivity index (χ3v) is 2.99. The van der Waals surface area contributed by atoms with Crippen LogP contribution in [-0.2, 0) is 11.2 Å². The zero-order chi connectivity index (χ0) is 13.7. The van der Waals surface area contributed by atoms with Crippen LogP contribution in [0.3, 0.4) is 0 Å². The Hall–Kier alpha value is -2.23. The van der Waals surface area contributed by atoms with Crippen LogP contribution in [0.2, 0.25) is 0 Å². The second-order valence-electron chi connectivity index (χ2n) is 4.39. The first-order chi connectivity index (χ1) is 9.20. The van der Waals surface area contributed by atoms with E-state index in [1.807, 2.05) is 43.3 Å². The van der Waals surface area contributed by atoms with E-state index < -0.39 is 0 Å². The average molecular weight is 258 g/mol. The maximum absolute atomic E-state index is 11.5. The number of hydrogen-bond acceptors (Lipinski definition) is 3. The minimum Gasteiger partial charge on any atom is -0.467 e.